The molecule has 1 aromatic rings. The molecule has 1 rings (SSSR count). The van der Waals surface area contributed by atoms with Gasteiger partial charge in [-0.1, -0.05) is 0 Å². The fourth-order valence-corrected chi connectivity index (χ4v) is 2.27. The Morgan fingerprint density at radius 2 is 2.27 bits per heavy atom. The number of hydrogen-bond donors (Lipinski definition) is 2. The molecule has 0 bridgehead atoms. The number of nitrogens with two attached hydrogens (primary N) is 2. The molecule has 4 N–H and O–H groups in total. The van der Waals surface area contributed by atoms with E-state index in [1.807, 2.05) is 0 Å². The maximum absolute atomic E-state index is 10.5. The SMILES string of the molecule is Nc1ncc(CS(N)(=O)=O)s1. The molecular weight excluding hydrogens is 186 g/mol. The lowest BCUT2D eigenvalue weighted by Crippen LogP contribution is -2.13. The molecule has 62 valence electrons. The van der Waals surface area contributed by atoms with Gasteiger partial charge in [-0.3, -0.25) is 0 Å². The van der Waals surface area contributed by atoms with Crippen LogP contribution in [0, 0.1) is 0 Å². The molecule has 1 heterocycles. The minimum Gasteiger partial charge on any atom is -0.375 e. The Balaban J connectivity index is 2.81. The largest absolute Gasteiger partial charge is 0.375 e. The first-order valence-electron chi connectivity index (χ1n) is 2.68. The first-order valence-corrected chi connectivity index (χ1v) is 5.21. The molecule has 0 aliphatic heterocycles. The zero-order chi connectivity index (χ0) is 8.48. The summed E-state index contributed by atoms with van der Waals surface area (Å²) in [4.78, 5) is 4.24. The van der Waals surface area contributed by atoms with Gasteiger partial charge in [-0.15, -0.1) is 11.3 Å². The number of thiazole rings is 1. The van der Waals surface area contributed by atoms with Crippen molar-refractivity contribution in [3.8, 4) is 0 Å². The highest BCUT2D eigenvalue weighted by atomic mass is 32.2. The third-order valence-corrected chi connectivity index (χ3v) is 2.64. The molecule has 0 radical (unpaired) electrons. The van der Waals surface area contributed by atoms with Crippen molar-refractivity contribution in [1.29, 1.82) is 0 Å². The highest BCUT2D eigenvalue weighted by Crippen LogP contribution is 2.15. The lowest BCUT2D eigenvalue weighted by atomic mass is 10.6. The molecule has 0 aliphatic rings. The number of rotatable bonds is 2. The van der Waals surface area contributed by atoms with Gasteiger partial charge in [-0.2, -0.15) is 0 Å². The molecule has 0 saturated carbocycles. The Kier molecular flexibility index (Phi) is 2.12. The van der Waals surface area contributed by atoms with Crippen LogP contribution in [0.3, 0.4) is 0 Å². The van der Waals surface area contributed by atoms with Crippen LogP contribution in [0.5, 0.6) is 0 Å². The number of nitrogen functional groups attached to an aromatic ring is 1. The smallest absolute Gasteiger partial charge is 0.214 e. The van der Waals surface area contributed by atoms with Crippen molar-refractivity contribution in [3.05, 3.63) is 11.1 Å². The summed E-state index contributed by atoms with van der Waals surface area (Å²) in [7, 11) is -3.45. The van der Waals surface area contributed by atoms with E-state index < -0.39 is 10.0 Å². The van der Waals surface area contributed by atoms with Crippen molar-refractivity contribution < 1.29 is 8.42 Å². The molecule has 0 saturated heterocycles. The fraction of sp³-hybridized carbons (Fsp3) is 0.250. The van der Waals surface area contributed by atoms with Gasteiger partial charge in [-0.25, -0.2) is 18.5 Å². The molecule has 0 aromatic carbocycles. The van der Waals surface area contributed by atoms with Crippen LogP contribution in [0.1, 0.15) is 4.88 Å². The standard InChI is InChI=1S/C4H7N3O2S2/c5-4-7-1-3(10-4)2-11(6,8)9/h1H,2H2,(H2,5,7)(H2,6,8,9). The Hall–Kier alpha value is -0.660. The van der Waals surface area contributed by atoms with Gasteiger partial charge in [0.05, 0.1) is 0 Å². The Morgan fingerprint density at radius 3 is 2.64 bits per heavy atom. The monoisotopic (exact) mass is 193 g/mol. The number of primary sulfonamides is 1. The molecule has 5 nitrogen and oxygen atoms in total. The van der Waals surface area contributed by atoms with Crippen molar-refractivity contribution in [3.63, 3.8) is 0 Å². The van der Waals surface area contributed by atoms with Crippen LogP contribution in [0.2, 0.25) is 0 Å². The number of sulfonamides is 1. The van der Waals surface area contributed by atoms with E-state index in [9.17, 15) is 8.42 Å². The van der Waals surface area contributed by atoms with Crippen molar-refractivity contribution in [1.82, 2.24) is 4.98 Å². The van der Waals surface area contributed by atoms with Gasteiger partial charge >= 0.3 is 0 Å². The molecule has 0 unspecified atom stereocenters. The summed E-state index contributed by atoms with van der Waals surface area (Å²) in [6.45, 7) is 0. The summed E-state index contributed by atoms with van der Waals surface area (Å²) < 4.78 is 21.1. The first kappa shape index (κ1) is 8.44. The van der Waals surface area contributed by atoms with Crippen LogP contribution in [-0.2, 0) is 15.8 Å². The van der Waals surface area contributed by atoms with Crippen LogP contribution >= 0.6 is 11.3 Å². The fourth-order valence-electron chi connectivity index (χ4n) is 0.588. The van der Waals surface area contributed by atoms with E-state index >= 15 is 0 Å². The molecule has 0 atom stereocenters. The molecule has 0 aliphatic carbocycles. The van der Waals surface area contributed by atoms with Gasteiger partial charge in [-0.05, 0) is 0 Å². The van der Waals surface area contributed by atoms with Crippen LogP contribution in [0.4, 0.5) is 5.13 Å². The number of nitrogens with zero attached hydrogens (tertiary/aromatic N) is 1. The van der Waals surface area contributed by atoms with Gasteiger partial charge in [0, 0.05) is 11.1 Å². The van der Waals surface area contributed by atoms with Crippen LogP contribution < -0.4 is 10.9 Å². The molecule has 7 heteroatoms. The number of hydrogen-bond acceptors (Lipinski definition) is 5. The summed E-state index contributed by atoms with van der Waals surface area (Å²) in [6, 6.07) is 0. The summed E-state index contributed by atoms with van der Waals surface area (Å²) in [5.74, 6) is -0.193. The van der Waals surface area contributed by atoms with Crippen LogP contribution in [-0.4, -0.2) is 13.4 Å². The van der Waals surface area contributed by atoms with E-state index in [1.54, 1.807) is 0 Å². The molecular formula is C4H7N3O2S2. The van der Waals surface area contributed by atoms with Crippen molar-refractivity contribution >= 4 is 26.5 Å². The molecule has 0 spiro atoms. The van der Waals surface area contributed by atoms with Crippen LogP contribution in [0.25, 0.3) is 0 Å². The highest BCUT2D eigenvalue weighted by molar-refractivity contribution is 7.88. The van der Waals surface area contributed by atoms with Gasteiger partial charge < -0.3 is 5.73 Å². The van der Waals surface area contributed by atoms with E-state index in [1.165, 1.54) is 6.20 Å². The second-order valence-electron chi connectivity index (χ2n) is 1.97. The lowest BCUT2D eigenvalue weighted by molar-refractivity contribution is 0.597. The van der Waals surface area contributed by atoms with E-state index in [4.69, 9.17) is 10.9 Å². The second kappa shape index (κ2) is 2.76. The van der Waals surface area contributed by atoms with Gasteiger partial charge in [0.25, 0.3) is 0 Å². The predicted molar refractivity (Wildman–Crippen MR) is 43.3 cm³/mol. The van der Waals surface area contributed by atoms with Crippen LogP contribution in [0.15, 0.2) is 6.20 Å². The Labute approximate surface area is 68.1 Å². The topological polar surface area (TPSA) is 99.1 Å². The van der Waals surface area contributed by atoms with E-state index in [2.05, 4.69) is 4.98 Å². The minimum absolute atomic E-state index is 0.193. The average molecular weight is 193 g/mol. The summed E-state index contributed by atoms with van der Waals surface area (Å²) >= 11 is 1.12. The normalized spacial score (nSPS) is 11.7. The van der Waals surface area contributed by atoms with Gasteiger partial charge in [0.2, 0.25) is 10.0 Å². The van der Waals surface area contributed by atoms with Gasteiger partial charge in [0.1, 0.15) is 5.75 Å². The van der Waals surface area contributed by atoms with E-state index in [-0.39, 0.29) is 5.75 Å². The lowest BCUT2D eigenvalue weighted by Gasteiger charge is -1.90. The first-order chi connectivity index (χ1) is 4.97. The number of aromatic nitrogens is 1. The maximum Gasteiger partial charge on any atom is 0.214 e. The quantitative estimate of drug-likeness (QED) is 0.662. The molecule has 0 amide bonds. The third-order valence-electron chi connectivity index (χ3n) is 0.915. The Morgan fingerprint density at radius 1 is 1.64 bits per heavy atom. The third kappa shape index (κ3) is 2.83. The summed E-state index contributed by atoms with van der Waals surface area (Å²) in [6.07, 6.45) is 1.41. The zero-order valence-corrected chi connectivity index (χ0v) is 7.15. The predicted octanol–water partition coefficient (Wildman–Crippen LogP) is -0.486. The minimum atomic E-state index is -3.45. The summed E-state index contributed by atoms with van der Waals surface area (Å²) in [5.41, 5.74) is 5.27. The number of anilines is 1. The zero-order valence-electron chi connectivity index (χ0n) is 5.52. The highest BCUT2D eigenvalue weighted by Gasteiger charge is 2.07. The maximum atomic E-state index is 10.5. The average Bonchev–Trinajstić information content (AvgIpc) is 2.10. The van der Waals surface area contributed by atoms with Crippen molar-refractivity contribution in [2.45, 2.75) is 5.75 Å². The van der Waals surface area contributed by atoms with Crippen molar-refractivity contribution in [2.75, 3.05) is 5.73 Å². The van der Waals surface area contributed by atoms with E-state index in [0.29, 0.717) is 10.0 Å². The van der Waals surface area contributed by atoms with Crippen molar-refractivity contribution in [2.24, 2.45) is 5.14 Å². The second-order valence-corrected chi connectivity index (χ2v) is 4.73. The molecule has 0 fully saturated rings. The Bertz CT molecular complexity index is 342. The van der Waals surface area contributed by atoms with Gasteiger partial charge in [0.15, 0.2) is 5.13 Å². The molecule has 11 heavy (non-hydrogen) atoms. The summed E-state index contributed by atoms with van der Waals surface area (Å²) in [5, 5.41) is 5.14. The molecule has 1 aromatic heterocycles. The van der Waals surface area contributed by atoms with E-state index in [0.717, 1.165) is 11.3 Å².